The Morgan fingerprint density at radius 2 is 1.78 bits per heavy atom. The molecule has 144 valence electrons. The summed E-state index contributed by atoms with van der Waals surface area (Å²) in [5, 5.41) is 0. The minimum absolute atomic E-state index is 0.0535. The van der Waals surface area contributed by atoms with Gasteiger partial charge in [-0.3, -0.25) is 4.79 Å². The van der Waals surface area contributed by atoms with E-state index in [1.165, 1.54) is 24.1 Å². The number of benzene rings is 2. The van der Waals surface area contributed by atoms with Crippen molar-refractivity contribution in [3.05, 3.63) is 53.6 Å². The van der Waals surface area contributed by atoms with Gasteiger partial charge in [-0.1, -0.05) is 18.2 Å². The molecule has 1 aliphatic heterocycles. The van der Waals surface area contributed by atoms with Crippen LogP contribution < -0.4 is 14.4 Å². The number of hydrogen-bond acceptors (Lipinski definition) is 4. The van der Waals surface area contributed by atoms with Crippen molar-refractivity contribution in [3.8, 4) is 11.5 Å². The molecule has 3 rings (SSSR count). The molecule has 1 saturated heterocycles. The molecule has 1 fully saturated rings. The van der Waals surface area contributed by atoms with Crippen LogP contribution in [0.3, 0.4) is 0 Å². The van der Waals surface area contributed by atoms with E-state index in [2.05, 4.69) is 23.1 Å². The van der Waals surface area contributed by atoms with Crippen molar-refractivity contribution < 1.29 is 14.3 Å². The van der Waals surface area contributed by atoms with Gasteiger partial charge in [-0.15, -0.1) is 0 Å². The quantitative estimate of drug-likeness (QED) is 0.750. The number of para-hydroxylation sites is 1. The SMILES string of the molecule is COc1ccc(OC)c(CC(=O)N(C)Cc2ccccc2N2CCCC2)c1. The maximum Gasteiger partial charge on any atom is 0.227 e. The molecule has 0 atom stereocenters. The minimum Gasteiger partial charge on any atom is -0.497 e. The summed E-state index contributed by atoms with van der Waals surface area (Å²) in [6.45, 7) is 2.78. The van der Waals surface area contributed by atoms with Crippen LogP contribution in [0.2, 0.25) is 0 Å². The zero-order chi connectivity index (χ0) is 19.2. The van der Waals surface area contributed by atoms with Crippen LogP contribution in [0.5, 0.6) is 11.5 Å². The Balaban J connectivity index is 1.72. The Kier molecular flexibility index (Phi) is 6.22. The third-order valence-corrected chi connectivity index (χ3v) is 5.10. The normalized spacial score (nSPS) is 13.5. The second-order valence-corrected chi connectivity index (χ2v) is 6.93. The topological polar surface area (TPSA) is 42.0 Å². The predicted octanol–water partition coefficient (Wildman–Crippen LogP) is 3.51. The van der Waals surface area contributed by atoms with Gasteiger partial charge < -0.3 is 19.3 Å². The van der Waals surface area contributed by atoms with Gasteiger partial charge in [0.15, 0.2) is 0 Å². The summed E-state index contributed by atoms with van der Waals surface area (Å²) in [5.41, 5.74) is 3.27. The summed E-state index contributed by atoms with van der Waals surface area (Å²) < 4.78 is 10.7. The van der Waals surface area contributed by atoms with E-state index in [4.69, 9.17) is 9.47 Å². The van der Waals surface area contributed by atoms with E-state index >= 15 is 0 Å². The third-order valence-electron chi connectivity index (χ3n) is 5.10. The first kappa shape index (κ1) is 19.1. The summed E-state index contributed by atoms with van der Waals surface area (Å²) >= 11 is 0. The Bertz CT molecular complexity index is 785. The van der Waals surface area contributed by atoms with Crippen molar-refractivity contribution in [3.63, 3.8) is 0 Å². The minimum atomic E-state index is 0.0535. The number of hydrogen-bond donors (Lipinski definition) is 0. The average molecular weight is 368 g/mol. The molecule has 2 aromatic rings. The Labute approximate surface area is 161 Å². The van der Waals surface area contributed by atoms with Crippen LogP contribution in [0.15, 0.2) is 42.5 Å². The van der Waals surface area contributed by atoms with Crippen molar-refractivity contribution in [2.45, 2.75) is 25.8 Å². The summed E-state index contributed by atoms with van der Waals surface area (Å²) in [7, 11) is 5.09. The Morgan fingerprint density at radius 3 is 2.48 bits per heavy atom. The molecule has 2 aromatic carbocycles. The first-order valence-corrected chi connectivity index (χ1v) is 9.40. The van der Waals surface area contributed by atoms with E-state index in [0.717, 1.165) is 24.4 Å². The number of ether oxygens (including phenoxy) is 2. The fourth-order valence-electron chi connectivity index (χ4n) is 3.57. The number of rotatable bonds is 7. The van der Waals surface area contributed by atoms with Crippen LogP contribution in [0, 0.1) is 0 Å². The van der Waals surface area contributed by atoms with Gasteiger partial charge in [0.25, 0.3) is 0 Å². The van der Waals surface area contributed by atoms with Crippen molar-refractivity contribution in [2.75, 3.05) is 39.3 Å². The molecule has 1 aliphatic rings. The molecule has 1 amide bonds. The van der Waals surface area contributed by atoms with E-state index < -0.39 is 0 Å². The molecule has 0 aliphatic carbocycles. The molecule has 0 bridgehead atoms. The van der Waals surface area contributed by atoms with Crippen LogP contribution in [0.4, 0.5) is 5.69 Å². The van der Waals surface area contributed by atoms with Gasteiger partial charge in [0.05, 0.1) is 20.6 Å². The van der Waals surface area contributed by atoms with Gasteiger partial charge in [0.2, 0.25) is 5.91 Å². The molecule has 0 N–H and O–H groups in total. The van der Waals surface area contributed by atoms with Gasteiger partial charge in [-0.2, -0.15) is 0 Å². The maximum absolute atomic E-state index is 12.8. The number of methoxy groups -OCH3 is 2. The van der Waals surface area contributed by atoms with Crippen molar-refractivity contribution in [1.82, 2.24) is 4.90 Å². The second kappa shape index (κ2) is 8.80. The van der Waals surface area contributed by atoms with Crippen LogP contribution in [0.1, 0.15) is 24.0 Å². The number of likely N-dealkylation sites (N-methyl/N-ethyl adjacent to an activating group) is 1. The van der Waals surface area contributed by atoms with Gasteiger partial charge in [-0.25, -0.2) is 0 Å². The molecular formula is C22H28N2O3. The highest BCUT2D eigenvalue weighted by Gasteiger charge is 2.19. The standard InChI is InChI=1S/C22H28N2O3/c1-23(16-17-8-4-5-9-20(17)24-12-6-7-13-24)22(25)15-18-14-19(26-2)10-11-21(18)27-3/h4-5,8-11,14H,6-7,12-13,15-16H2,1-3H3. The first-order chi connectivity index (χ1) is 13.1. The van der Waals surface area contributed by atoms with E-state index in [9.17, 15) is 4.79 Å². The number of anilines is 1. The van der Waals surface area contributed by atoms with Crippen LogP contribution in [-0.4, -0.2) is 45.2 Å². The third kappa shape index (κ3) is 4.54. The first-order valence-electron chi connectivity index (χ1n) is 9.40. The van der Waals surface area contributed by atoms with Crippen LogP contribution >= 0.6 is 0 Å². The lowest BCUT2D eigenvalue weighted by Crippen LogP contribution is -2.29. The molecule has 5 heteroatoms. The molecule has 5 nitrogen and oxygen atoms in total. The fraction of sp³-hybridized carbons (Fsp3) is 0.409. The van der Waals surface area contributed by atoms with E-state index in [1.807, 2.05) is 31.3 Å². The molecule has 27 heavy (non-hydrogen) atoms. The number of carbonyl (C=O) groups is 1. The smallest absolute Gasteiger partial charge is 0.227 e. The van der Waals surface area contributed by atoms with Crippen LogP contribution in [0.25, 0.3) is 0 Å². The lowest BCUT2D eigenvalue weighted by molar-refractivity contribution is -0.129. The maximum atomic E-state index is 12.8. The number of amides is 1. The van der Waals surface area contributed by atoms with E-state index in [0.29, 0.717) is 12.3 Å². The van der Waals surface area contributed by atoms with Gasteiger partial charge in [-0.05, 0) is 42.7 Å². The molecule has 0 spiro atoms. The zero-order valence-electron chi connectivity index (χ0n) is 16.4. The van der Waals surface area contributed by atoms with Crippen LogP contribution in [-0.2, 0) is 17.8 Å². The summed E-state index contributed by atoms with van der Waals surface area (Å²) in [4.78, 5) is 17.0. The van der Waals surface area contributed by atoms with Gasteiger partial charge >= 0.3 is 0 Å². The van der Waals surface area contributed by atoms with Gasteiger partial charge in [0, 0.05) is 37.9 Å². The largest absolute Gasteiger partial charge is 0.497 e. The highest BCUT2D eigenvalue weighted by Crippen LogP contribution is 2.27. The number of nitrogens with zero attached hydrogens (tertiary/aromatic N) is 2. The lowest BCUT2D eigenvalue weighted by atomic mass is 10.1. The molecule has 0 saturated carbocycles. The van der Waals surface area contributed by atoms with E-state index in [1.54, 1.807) is 19.1 Å². The van der Waals surface area contributed by atoms with E-state index in [-0.39, 0.29) is 12.3 Å². The lowest BCUT2D eigenvalue weighted by Gasteiger charge is -2.24. The average Bonchev–Trinajstić information content (AvgIpc) is 3.22. The molecule has 0 radical (unpaired) electrons. The Morgan fingerprint density at radius 1 is 1.04 bits per heavy atom. The summed E-state index contributed by atoms with van der Waals surface area (Å²) in [6, 6.07) is 13.9. The van der Waals surface area contributed by atoms with Crippen molar-refractivity contribution in [2.24, 2.45) is 0 Å². The summed E-state index contributed by atoms with van der Waals surface area (Å²) in [6.07, 6.45) is 2.75. The highest BCUT2D eigenvalue weighted by atomic mass is 16.5. The molecule has 1 heterocycles. The predicted molar refractivity (Wildman–Crippen MR) is 108 cm³/mol. The highest BCUT2D eigenvalue weighted by molar-refractivity contribution is 5.79. The van der Waals surface area contributed by atoms with Crippen molar-refractivity contribution in [1.29, 1.82) is 0 Å². The fourth-order valence-corrected chi connectivity index (χ4v) is 3.57. The molecule has 0 unspecified atom stereocenters. The number of carbonyl (C=O) groups excluding carboxylic acids is 1. The zero-order valence-corrected chi connectivity index (χ0v) is 16.4. The van der Waals surface area contributed by atoms with Crippen molar-refractivity contribution >= 4 is 11.6 Å². The van der Waals surface area contributed by atoms with Gasteiger partial charge in [0.1, 0.15) is 11.5 Å². The summed E-state index contributed by atoms with van der Waals surface area (Å²) in [5.74, 6) is 1.48. The molecular weight excluding hydrogens is 340 g/mol. The Hall–Kier alpha value is -2.69. The second-order valence-electron chi connectivity index (χ2n) is 6.93. The molecule has 0 aromatic heterocycles. The monoisotopic (exact) mass is 368 g/mol.